The van der Waals surface area contributed by atoms with Crippen LogP contribution in [-0.2, 0) is 4.84 Å². The summed E-state index contributed by atoms with van der Waals surface area (Å²) in [6.45, 7) is 1.84. The first-order valence-electron chi connectivity index (χ1n) is 11.6. The fourth-order valence-corrected chi connectivity index (χ4v) is 3.65. The fourth-order valence-electron chi connectivity index (χ4n) is 3.65. The number of hydrogen-bond acceptors (Lipinski definition) is 9. The van der Waals surface area contributed by atoms with E-state index in [9.17, 15) is 0 Å². The van der Waals surface area contributed by atoms with Gasteiger partial charge >= 0.3 is 0 Å². The monoisotopic (exact) mass is 462 g/mol. The number of aromatic amines is 1. The van der Waals surface area contributed by atoms with E-state index in [0.29, 0.717) is 36.7 Å². The normalized spacial score (nSPS) is 17.4. The van der Waals surface area contributed by atoms with Gasteiger partial charge < -0.3 is 25.1 Å². The SMILES string of the molecule is CN(C)CCOc1cc(Nc2cc(C3CC3)n[nH]2)nc(NCC2CC(c3ccccc3)=NO2)n1. The highest BCUT2D eigenvalue weighted by Crippen LogP contribution is 2.39. The van der Waals surface area contributed by atoms with Gasteiger partial charge in [0.1, 0.15) is 24.3 Å². The number of aromatic nitrogens is 4. The molecule has 1 fully saturated rings. The number of nitrogens with zero attached hydrogens (tertiary/aromatic N) is 5. The van der Waals surface area contributed by atoms with Crippen molar-refractivity contribution in [2.24, 2.45) is 5.16 Å². The molecule has 3 heterocycles. The topological polar surface area (TPSA) is 113 Å². The Morgan fingerprint density at radius 1 is 1.15 bits per heavy atom. The molecule has 34 heavy (non-hydrogen) atoms. The third kappa shape index (κ3) is 5.82. The van der Waals surface area contributed by atoms with Gasteiger partial charge in [0, 0.05) is 31.0 Å². The fraction of sp³-hybridized carbons (Fsp3) is 0.417. The molecular formula is C24H30N8O2. The molecular weight excluding hydrogens is 432 g/mol. The van der Waals surface area contributed by atoms with Crippen LogP contribution in [0.25, 0.3) is 0 Å². The van der Waals surface area contributed by atoms with Crippen molar-refractivity contribution < 1.29 is 9.57 Å². The first-order valence-corrected chi connectivity index (χ1v) is 11.6. The van der Waals surface area contributed by atoms with Crippen LogP contribution in [0.15, 0.2) is 47.6 Å². The van der Waals surface area contributed by atoms with Gasteiger partial charge in [0.05, 0.1) is 18.0 Å². The molecule has 0 saturated heterocycles. The van der Waals surface area contributed by atoms with Gasteiger partial charge in [0.2, 0.25) is 11.8 Å². The summed E-state index contributed by atoms with van der Waals surface area (Å²) in [5, 5.41) is 18.3. The molecule has 2 aromatic heterocycles. The summed E-state index contributed by atoms with van der Waals surface area (Å²) in [5.41, 5.74) is 3.11. The minimum atomic E-state index is -0.0952. The highest BCUT2D eigenvalue weighted by atomic mass is 16.6. The summed E-state index contributed by atoms with van der Waals surface area (Å²) in [6, 6.07) is 13.9. The smallest absolute Gasteiger partial charge is 0.228 e. The van der Waals surface area contributed by atoms with Gasteiger partial charge in [-0.1, -0.05) is 35.5 Å². The molecule has 1 aromatic carbocycles. The van der Waals surface area contributed by atoms with Gasteiger partial charge in [0.25, 0.3) is 0 Å². The van der Waals surface area contributed by atoms with Crippen LogP contribution < -0.4 is 15.4 Å². The predicted octanol–water partition coefficient (Wildman–Crippen LogP) is 3.37. The van der Waals surface area contributed by atoms with E-state index in [4.69, 9.17) is 9.57 Å². The second-order valence-electron chi connectivity index (χ2n) is 8.89. The van der Waals surface area contributed by atoms with Crippen LogP contribution >= 0.6 is 0 Å². The Morgan fingerprint density at radius 2 is 2.00 bits per heavy atom. The number of ether oxygens (including phenoxy) is 1. The zero-order chi connectivity index (χ0) is 23.3. The Hall–Kier alpha value is -3.66. The molecule has 10 heteroatoms. The number of benzene rings is 1. The Balaban J connectivity index is 1.23. The first-order chi connectivity index (χ1) is 16.6. The average Bonchev–Trinajstić information content (AvgIpc) is 3.39. The molecule has 2 aliphatic rings. The summed E-state index contributed by atoms with van der Waals surface area (Å²) < 4.78 is 5.88. The molecule has 1 atom stereocenters. The molecule has 1 aliphatic carbocycles. The summed E-state index contributed by atoms with van der Waals surface area (Å²) in [7, 11) is 4.01. The molecule has 5 rings (SSSR count). The lowest BCUT2D eigenvalue weighted by atomic mass is 10.1. The zero-order valence-electron chi connectivity index (χ0n) is 19.5. The van der Waals surface area contributed by atoms with Crippen LogP contribution in [0.3, 0.4) is 0 Å². The van der Waals surface area contributed by atoms with Crippen LogP contribution in [0.2, 0.25) is 0 Å². The summed E-state index contributed by atoms with van der Waals surface area (Å²) in [4.78, 5) is 16.8. The Kier molecular flexibility index (Phi) is 6.57. The molecule has 3 aromatic rings. The minimum Gasteiger partial charge on any atom is -0.476 e. The van der Waals surface area contributed by atoms with Gasteiger partial charge in [-0.25, -0.2) is 0 Å². The second kappa shape index (κ2) is 10.1. The van der Waals surface area contributed by atoms with Crippen molar-refractivity contribution >= 4 is 23.3 Å². The third-order valence-corrected chi connectivity index (χ3v) is 5.67. The van der Waals surface area contributed by atoms with Crippen LogP contribution in [-0.4, -0.2) is 70.7 Å². The van der Waals surface area contributed by atoms with Gasteiger partial charge in [-0.3, -0.25) is 5.10 Å². The van der Waals surface area contributed by atoms with Crippen molar-refractivity contribution in [3.63, 3.8) is 0 Å². The largest absolute Gasteiger partial charge is 0.476 e. The van der Waals surface area contributed by atoms with Gasteiger partial charge in [-0.2, -0.15) is 15.1 Å². The van der Waals surface area contributed by atoms with Crippen molar-refractivity contribution in [1.82, 2.24) is 25.1 Å². The quantitative estimate of drug-likeness (QED) is 0.398. The molecule has 0 bridgehead atoms. The molecule has 1 unspecified atom stereocenters. The van der Waals surface area contributed by atoms with Gasteiger partial charge in [-0.15, -0.1) is 0 Å². The lowest BCUT2D eigenvalue weighted by Gasteiger charge is -2.14. The highest BCUT2D eigenvalue weighted by molar-refractivity contribution is 6.01. The summed E-state index contributed by atoms with van der Waals surface area (Å²) in [6.07, 6.45) is 3.03. The van der Waals surface area contributed by atoms with Crippen molar-refractivity contribution in [1.29, 1.82) is 0 Å². The lowest BCUT2D eigenvalue weighted by molar-refractivity contribution is 0.0948. The van der Waals surface area contributed by atoms with Crippen LogP contribution in [0, 0.1) is 0 Å². The van der Waals surface area contributed by atoms with E-state index in [1.165, 1.54) is 12.8 Å². The van der Waals surface area contributed by atoms with Gasteiger partial charge in [0.15, 0.2) is 0 Å². The Morgan fingerprint density at radius 3 is 2.79 bits per heavy atom. The zero-order valence-corrected chi connectivity index (χ0v) is 19.5. The van der Waals surface area contributed by atoms with E-state index in [1.54, 1.807) is 6.07 Å². The molecule has 10 nitrogen and oxygen atoms in total. The van der Waals surface area contributed by atoms with Crippen molar-refractivity contribution in [3.05, 3.63) is 53.7 Å². The highest BCUT2D eigenvalue weighted by Gasteiger charge is 2.26. The molecule has 178 valence electrons. The molecule has 1 aliphatic heterocycles. The molecule has 0 spiro atoms. The average molecular weight is 463 g/mol. The van der Waals surface area contributed by atoms with E-state index in [0.717, 1.165) is 35.8 Å². The number of hydrogen-bond donors (Lipinski definition) is 3. The molecule has 0 amide bonds. The van der Waals surface area contributed by atoms with E-state index in [1.807, 2.05) is 50.5 Å². The number of rotatable bonds is 11. The van der Waals surface area contributed by atoms with E-state index >= 15 is 0 Å². The number of oxime groups is 1. The van der Waals surface area contributed by atoms with Crippen LogP contribution in [0.1, 0.15) is 36.4 Å². The van der Waals surface area contributed by atoms with Crippen molar-refractivity contribution in [2.75, 3.05) is 44.4 Å². The van der Waals surface area contributed by atoms with Gasteiger partial charge in [-0.05, 0) is 32.5 Å². The van der Waals surface area contributed by atoms with Crippen LogP contribution in [0.4, 0.5) is 17.6 Å². The third-order valence-electron chi connectivity index (χ3n) is 5.67. The standard InChI is InChI=1S/C24H30N8O2/c1-32(2)10-11-33-23-14-21(26-22-13-19(29-30-22)17-8-9-17)27-24(28-23)25-15-18-12-20(31-34-18)16-6-4-3-5-7-16/h3-7,13-14,17-18H,8-12,15H2,1-2H3,(H3,25,26,27,28,29,30). The first kappa shape index (κ1) is 22.1. The van der Waals surface area contributed by atoms with E-state index < -0.39 is 0 Å². The lowest BCUT2D eigenvalue weighted by Crippen LogP contribution is -2.22. The van der Waals surface area contributed by atoms with Crippen molar-refractivity contribution in [2.45, 2.75) is 31.3 Å². The summed E-state index contributed by atoms with van der Waals surface area (Å²) in [5.74, 6) is 2.96. The Labute approximate surface area is 198 Å². The maximum atomic E-state index is 5.88. The van der Waals surface area contributed by atoms with E-state index in [2.05, 4.69) is 40.9 Å². The Bertz CT molecular complexity index is 1130. The number of anilines is 3. The van der Waals surface area contributed by atoms with Crippen LogP contribution in [0.5, 0.6) is 5.88 Å². The minimum absolute atomic E-state index is 0.0952. The number of nitrogens with one attached hydrogen (secondary N) is 3. The maximum absolute atomic E-state index is 5.88. The number of H-pyrrole nitrogens is 1. The predicted molar refractivity (Wildman–Crippen MR) is 131 cm³/mol. The van der Waals surface area contributed by atoms with E-state index in [-0.39, 0.29) is 6.10 Å². The molecule has 3 N–H and O–H groups in total. The maximum Gasteiger partial charge on any atom is 0.228 e. The van der Waals surface area contributed by atoms with Crippen molar-refractivity contribution in [3.8, 4) is 5.88 Å². The molecule has 1 saturated carbocycles. The molecule has 0 radical (unpaired) electrons. The second-order valence-corrected chi connectivity index (χ2v) is 8.89. The summed E-state index contributed by atoms with van der Waals surface area (Å²) >= 11 is 0. The number of likely N-dealkylation sites (N-methyl/N-ethyl adjacent to an activating group) is 1.